The molecule has 0 radical (unpaired) electrons. The van der Waals surface area contributed by atoms with Crippen molar-refractivity contribution in [1.29, 1.82) is 0 Å². The Hall–Kier alpha value is -2.11. The van der Waals surface area contributed by atoms with Crippen LogP contribution in [0.15, 0.2) is 18.5 Å². The number of aliphatic carboxylic acids is 1. The Morgan fingerprint density at radius 2 is 2.26 bits per heavy atom. The Bertz CT molecular complexity index is 479. The summed E-state index contributed by atoms with van der Waals surface area (Å²) >= 11 is 0. The summed E-state index contributed by atoms with van der Waals surface area (Å²) in [5.41, 5.74) is 0.785. The number of aromatic nitrogens is 2. The first-order valence-electron chi connectivity index (χ1n) is 6.14. The zero-order valence-corrected chi connectivity index (χ0v) is 11.3. The predicted molar refractivity (Wildman–Crippen MR) is 71.3 cm³/mol. The molecule has 0 aromatic carbocycles. The first kappa shape index (κ1) is 14.9. The highest BCUT2D eigenvalue weighted by atomic mass is 16.4. The van der Waals surface area contributed by atoms with E-state index in [0.29, 0.717) is 6.42 Å². The number of carbonyl (C=O) groups excluding carboxylic acids is 1. The SMILES string of the molecule is CCC(C)[C@H](NC(=O)/C=C/c1cnn(C)c1)C(=O)O. The van der Waals surface area contributed by atoms with Gasteiger partial charge in [-0.05, 0) is 12.0 Å². The molecule has 0 saturated heterocycles. The summed E-state index contributed by atoms with van der Waals surface area (Å²) in [7, 11) is 1.78. The quantitative estimate of drug-likeness (QED) is 0.753. The molecule has 1 amide bonds. The standard InChI is InChI=1S/C13H19N3O3/c1-4-9(2)12(13(18)19)15-11(17)6-5-10-7-14-16(3)8-10/h5-9,12H,4H2,1-3H3,(H,15,17)(H,18,19)/b6-5+/t9?,12-/m0/s1. The summed E-state index contributed by atoms with van der Waals surface area (Å²) in [4.78, 5) is 22.7. The van der Waals surface area contributed by atoms with Crippen molar-refractivity contribution in [3.8, 4) is 0 Å². The minimum atomic E-state index is -1.02. The maximum Gasteiger partial charge on any atom is 0.326 e. The van der Waals surface area contributed by atoms with Crippen molar-refractivity contribution in [3.05, 3.63) is 24.0 Å². The number of hydrogen-bond acceptors (Lipinski definition) is 3. The van der Waals surface area contributed by atoms with Crippen LogP contribution in [-0.2, 0) is 16.6 Å². The lowest BCUT2D eigenvalue weighted by molar-refractivity contribution is -0.142. The van der Waals surface area contributed by atoms with E-state index < -0.39 is 17.9 Å². The maximum atomic E-state index is 11.7. The normalized spacial score (nSPS) is 14.3. The number of carbonyl (C=O) groups is 2. The Balaban J connectivity index is 2.62. The van der Waals surface area contributed by atoms with Gasteiger partial charge in [-0.25, -0.2) is 4.79 Å². The largest absolute Gasteiger partial charge is 0.480 e. The Labute approximate surface area is 112 Å². The minimum absolute atomic E-state index is 0.117. The highest BCUT2D eigenvalue weighted by molar-refractivity contribution is 5.94. The third kappa shape index (κ3) is 4.57. The summed E-state index contributed by atoms with van der Waals surface area (Å²) in [5, 5.41) is 15.5. The second-order valence-electron chi connectivity index (χ2n) is 4.49. The molecule has 2 N–H and O–H groups in total. The number of carboxylic acid groups (broad SMARTS) is 1. The van der Waals surface area contributed by atoms with Crippen LogP contribution in [0.4, 0.5) is 0 Å². The van der Waals surface area contributed by atoms with E-state index in [-0.39, 0.29) is 5.92 Å². The van der Waals surface area contributed by atoms with E-state index in [4.69, 9.17) is 5.11 Å². The molecule has 1 unspecified atom stereocenters. The first-order chi connectivity index (χ1) is 8.93. The van der Waals surface area contributed by atoms with E-state index in [2.05, 4.69) is 10.4 Å². The van der Waals surface area contributed by atoms with Gasteiger partial charge >= 0.3 is 5.97 Å². The molecule has 0 saturated carbocycles. The van der Waals surface area contributed by atoms with Crippen LogP contribution < -0.4 is 5.32 Å². The van der Waals surface area contributed by atoms with Gasteiger partial charge in [0.15, 0.2) is 0 Å². The summed E-state index contributed by atoms with van der Waals surface area (Å²) in [6.45, 7) is 3.68. The second kappa shape index (κ2) is 6.72. The van der Waals surface area contributed by atoms with Crippen molar-refractivity contribution in [2.24, 2.45) is 13.0 Å². The van der Waals surface area contributed by atoms with Crippen LogP contribution in [0.25, 0.3) is 6.08 Å². The lowest BCUT2D eigenvalue weighted by Crippen LogP contribution is -2.44. The average molecular weight is 265 g/mol. The maximum absolute atomic E-state index is 11.7. The fraction of sp³-hybridized carbons (Fsp3) is 0.462. The zero-order chi connectivity index (χ0) is 14.4. The number of nitrogens with one attached hydrogen (secondary N) is 1. The monoisotopic (exact) mass is 265 g/mol. The first-order valence-corrected chi connectivity index (χ1v) is 6.14. The molecule has 0 aliphatic carbocycles. The molecule has 1 aromatic heterocycles. The fourth-order valence-electron chi connectivity index (χ4n) is 1.58. The van der Waals surface area contributed by atoms with Gasteiger partial charge in [-0.2, -0.15) is 5.10 Å². The Morgan fingerprint density at radius 1 is 1.58 bits per heavy atom. The van der Waals surface area contributed by atoms with Gasteiger partial charge in [0.1, 0.15) is 6.04 Å². The van der Waals surface area contributed by atoms with Gasteiger partial charge in [-0.3, -0.25) is 9.48 Å². The van der Waals surface area contributed by atoms with Crippen molar-refractivity contribution in [1.82, 2.24) is 15.1 Å². The summed E-state index contributed by atoms with van der Waals surface area (Å²) < 4.78 is 1.62. The van der Waals surface area contributed by atoms with E-state index in [1.165, 1.54) is 6.08 Å². The third-order valence-corrected chi connectivity index (χ3v) is 2.93. The molecule has 6 nitrogen and oxygen atoms in total. The number of nitrogens with zero attached hydrogens (tertiary/aromatic N) is 2. The summed E-state index contributed by atoms with van der Waals surface area (Å²) in [5.74, 6) is -1.55. The van der Waals surface area contributed by atoms with E-state index in [0.717, 1.165) is 5.56 Å². The van der Waals surface area contributed by atoms with Crippen molar-refractivity contribution >= 4 is 18.0 Å². The predicted octanol–water partition coefficient (Wildman–Crippen LogP) is 1.05. The third-order valence-electron chi connectivity index (χ3n) is 2.93. The van der Waals surface area contributed by atoms with Gasteiger partial charge in [0.05, 0.1) is 6.20 Å². The van der Waals surface area contributed by atoms with Gasteiger partial charge < -0.3 is 10.4 Å². The molecule has 1 aromatic rings. The molecular formula is C13H19N3O3. The van der Waals surface area contributed by atoms with Gasteiger partial charge in [-0.15, -0.1) is 0 Å². The van der Waals surface area contributed by atoms with Crippen molar-refractivity contribution in [2.45, 2.75) is 26.3 Å². The molecule has 19 heavy (non-hydrogen) atoms. The van der Waals surface area contributed by atoms with Gasteiger partial charge in [0, 0.05) is 24.9 Å². The van der Waals surface area contributed by atoms with Crippen LogP contribution in [0, 0.1) is 5.92 Å². The molecule has 0 aliphatic heterocycles. The average Bonchev–Trinajstić information content (AvgIpc) is 2.78. The van der Waals surface area contributed by atoms with E-state index in [1.54, 1.807) is 37.1 Å². The molecule has 2 atom stereocenters. The molecule has 0 fully saturated rings. The van der Waals surface area contributed by atoms with Gasteiger partial charge in [-0.1, -0.05) is 20.3 Å². The van der Waals surface area contributed by atoms with Crippen LogP contribution in [0.5, 0.6) is 0 Å². The highest BCUT2D eigenvalue weighted by Crippen LogP contribution is 2.08. The topological polar surface area (TPSA) is 84.2 Å². The lowest BCUT2D eigenvalue weighted by Gasteiger charge is -2.19. The number of hydrogen-bond donors (Lipinski definition) is 2. The van der Waals surface area contributed by atoms with Crippen molar-refractivity contribution in [3.63, 3.8) is 0 Å². The van der Waals surface area contributed by atoms with Crippen LogP contribution in [-0.4, -0.2) is 32.8 Å². The molecule has 0 spiro atoms. The molecule has 1 rings (SSSR count). The Kier molecular flexibility index (Phi) is 5.29. The van der Waals surface area contributed by atoms with Gasteiger partial charge in [0.25, 0.3) is 0 Å². The van der Waals surface area contributed by atoms with Crippen LogP contribution in [0.3, 0.4) is 0 Å². The second-order valence-corrected chi connectivity index (χ2v) is 4.49. The lowest BCUT2D eigenvalue weighted by atomic mass is 9.99. The van der Waals surface area contributed by atoms with Crippen LogP contribution in [0.1, 0.15) is 25.8 Å². The summed E-state index contributed by atoms with van der Waals surface area (Å²) in [6.07, 6.45) is 6.97. The zero-order valence-electron chi connectivity index (χ0n) is 11.3. The number of carboxylic acids is 1. The fourth-order valence-corrected chi connectivity index (χ4v) is 1.58. The Morgan fingerprint density at radius 3 is 2.74 bits per heavy atom. The van der Waals surface area contributed by atoms with Crippen LogP contribution >= 0.6 is 0 Å². The van der Waals surface area contributed by atoms with E-state index in [1.807, 2.05) is 6.92 Å². The molecular weight excluding hydrogens is 246 g/mol. The number of aryl methyl sites for hydroxylation is 1. The molecule has 0 bridgehead atoms. The van der Waals surface area contributed by atoms with E-state index >= 15 is 0 Å². The molecule has 104 valence electrons. The van der Waals surface area contributed by atoms with Crippen LogP contribution in [0.2, 0.25) is 0 Å². The molecule has 0 aliphatic rings. The number of amides is 1. The van der Waals surface area contributed by atoms with E-state index in [9.17, 15) is 9.59 Å². The minimum Gasteiger partial charge on any atom is -0.480 e. The van der Waals surface area contributed by atoms with Crippen molar-refractivity contribution in [2.75, 3.05) is 0 Å². The number of rotatable bonds is 6. The molecule has 6 heteroatoms. The summed E-state index contributed by atoms with van der Waals surface area (Å²) in [6, 6.07) is -0.865. The smallest absolute Gasteiger partial charge is 0.326 e. The molecule has 1 heterocycles. The highest BCUT2D eigenvalue weighted by Gasteiger charge is 2.24. The van der Waals surface area contributed by atoms with Crippen molar-refractivity contribution < 1.29 is 14.7 Å². The van der Waals surface area contributed by atoms with Gasteiger partial charge in [0.2, 0.25) is 5.91 Å².